The lowest BCUT2D eigenvalue weighted by molar-refractivity contribution is 0.103. The van der Waals surface area contributed by atoms with Gasteiger partial charge in [-0.2, -0.15) is 0 Å². The van der Waals surface area contributed by atoms with Crippen LogP contribution in [0.15, 0.2) is 48.0 Å². The van der Waals surface area contributed by atoms with Crippen molar-refractivity contribution in [2.45, 2.75) is 13.3 Å². The zero-order valence-corrected chi connectivity index (χ0v) is 12.5. The highest BCUT2D eigenvalue weighted by molar-refractivity contribution is 7.17. The molecule has 2 heterocycles. The van der Waals surface area contributed by atoms with Gasteiger partial charge in [0.25, 0.3) is 0 Å². The first-order valence-electron chi connectivity index (χ1n) is 6.89. The molecule has 0 aliphatic heterocycles. The molecular weight excluding hydrogens is 282 g/mol. The first kappa shape index (κ1) is 13.8. The molecule has 0 aliphatic carbocycles. The molecule has 2 aromatic heterocycles. The highest BCUT2D eigenvalue weighted by Crippen LogP contribution is 2.21. The number of fused-ring (bicyclic) bond motifs is 1. The monoisotopic (exact) mass is 297 g/mol. The van der Waals surface area contributed by atoms with Crippen LogP contribution in [0, 0.1) is 0 Å². The lowest BCUT2D eigenvalue weighted by Gasteiger charge is -2.05. The zero-order valence-electron chi connectivity index (χ0n) is 11.7. The Kier molecular flexibility index (Phi) is 3.97. The molecule has 0 unspecified atom stereocenters. The van der Waals surface area contributed by atoms with E-state index >= 15 is 0 Å². The molecule has 0 N–H and O–H groups in total. The summed E-state index contributed by atoms with van der Waals surface area (Å²) in [7, 11) is 0. The van der Waals surface area contributed by atoms with Crippen molar-refractivity contribution in [3.63, 3.8) is 0 Å². The van der Waals surface area contributed by atoms with Crippen molar-refractivity contribution in [2.24, 2.45) is 0 Å². The van der Waals surface area contributed by atoms with E-state index in [1.54, 1.807) is 29.7 Å². The van der Waals surface area contributed by atoms with Crippen molar-refractivity contribution < 1.29 is 9.53 Å². The molecule has 0 spiro atoms. The van der Waals surface area contributed by atoms with Gasteiger partial charge in [0.15, 0.2) is 5.78 Å². The minimum atomic E-state index is -0.0140. The molecule has 0 saturated carbocycles. The van der Waals surface area contributed by atoms with Gasteiger partial charge in [-0.15, -0.1) is 11.3 Å². The number of carbonyl (C=O) groups excluding carboxylic acids is 1. The Morgan fingerprint density at radius 3 is 2.76 bits per heavy atom. The van der Waals surface area contributed by atoms with Crippen LogP contribution in [0.4, 0.5) is 0 Å². The summed E-state index contributed by atoms with van der Waals surface area (Å²) in [6, 6.07) is 11.1. The predicted octanol–water partition coefficient (Wildman–Crippen LogP) is 4.32. The van der Waals surface area contributed by atoms with E-state index in [0.29, 0.717) is 17.7 Å². The first-order chi connectivity index (χ1) is 10.3. The molecule has 0 saturated heterocycles. The number of benzene rings is 1. The Morgan fingerprint density at radius 1 is 1.19 bits per heavy atom. The summed E-state index contributed by atoms with van der Waals surface area (Å²) in [4.78, 5) is 16.8. The molecule has 0 aliphatic rings. The zero-order chi connectivity index (χ0) is 14.7. The van der Waals surface area contributed by atoms with E-state index in [4.69, 9.17) is 4.74 Å². The normalized spacial score (nSPS) is 10.7. The lowest BCUT2D eigenvalue weighted by Crippen LogP contribution is -2.02. The summed E-state index contributed by atoms with van der Waals surface area (Å²) < 4.78 is 6.55. The van der Waals surface area contributed by atoms with Crippen molar-refractivity contribution in [1.82, 2.24) is 4.98 Å². The molecule has 21 heavy (non-hydrogen) atoms. The van der Waals surface area contributed by atoms with Gasteiger partial charge in [-0.25, -0.2) is 0 Å². The van der Waals surface area contributed by atoms with Crippen LogP contribution in [0.1, 0.15) is 29.3 Å². The van der Waals surface area contributed by atoms with Crippen LogP contribution in [-0.2, 0) is 0 Å². The number of nitrogens with zero attached hydrogens (tertiary/aromatic N) is 1. The third kappa shape index (κ3) is 2.95. The minimum absolute atomic E-state index is 0.0140. The van der Waals surface area contributed by atoms with Crippen molar-refractivity contribution in [3.05, 3.63) is 59.1 Å². The van der Waals surface area contributed by atoms with E-state index in [1.165, 1.54) is 0 Å². The lowest BCUT2D eigenvalue weighted by atomic mass is 10.0. The summed E-state index contributed by atoms with van der Waals surface area (Å²) in [5.74, 6) is 0.778. The number of carbonyl (C=O) groups is 1. The van der Waals surface area contributed by atoms with E-state index in [-0.39, 0.29) is 5.78 Å². The predicted molar refractivity (Wildman–Crippen MR) is 85.3 cm³/mol. The molecule has 4 heteroatoms. The standard InChI is InChI=1S/C17H15NO2S/c1-2-8-20-14-5-3-12(4-6-14)17(19)13-10-16-15(18-11-13)7-9-21-16/h3-7,9-11H,2,8H2,1H3. The van der Waals surface area contributed by atoms with Crippen LogP contribution >= 0.6 is 11.3 Å². The number of hydrogen-bond donors (Lipinski definition) is 0. The molecule has 3 aromatic rings. The maximum absolute atomic E-state index is 12.5. The topological polar surface area (TPSA) is 39.2 Å². The maximum atomic E-state index is 12.5. The summed E-state index contributed by atoms with van der Waals surface area (Å²) in [6.07, 6.45) is 2.60. The second-order valence-electron chi connectivity index (χ2n) is 4.73. The average Bonchev–Trinajstić information content (AvgIpc) is 3.00. The SMILES string of the molecule is CCCOc1ccc(C(=O)c2cnc3ccsc3c2)cc1. The van der Waals surface area contributed by atoms with Crippen LogP contribution in [0.5, 0.6) is 5.75 Å². The van der Waals surface area contributed by atoms with E-state index in [0.717, 1.165) is 22.4 Å². The fraction of sp³-hybridized carbons (Fsp3) is 0.176. The fourth-order valence-corrected chi connectivity index (χ4v) is 2.84. The Bertz CT molecular complexity index is 762. The molecule has 0 atom stereocenters. The summed E-state index contributed by atoms with van der Waals surface area (Å²) >= 11 is 1.59. The minimum Gasteiger partial charge on any atom is -0.494 e. The van der Waals surface area contributed by atoms with E-state index in [1.807, 2.05) is 29.6 Å². The van der Waals surface area contributed by atoms with Gasteiger partial charge >= 0.3 is 0 Å². The van der Waals surface area contributed by atoms with E-state index in [2.05, 4.69) is 11.9 Å². The number of ether oxygens (including phenoxy) is 1. The summed E-state index contributed by atoms with van der Waals surface area (Å²) in [5, 5.41) is 1.98. The maximum Gasteiger partial charge on any atom is 0.194 e. The van der Waals surface area contributed by atoms with Gasteiger partial charge in [0.05, 0.1) is 16.8 Å². The molecule has 3 rings (SSSR count). The number of thiophene rings is 1. The average molecular weight is 297 g/mol. The van der Waals surface area contributed by atoms with Gasteiger partial charge < -0.3 is 4.74 Å². The number of aromatic nitrogens is 1. The Hall–Kier alpha value is -2.20. The van der Waals surface area contributed by atoms with Crippen LogP contribution < -0.4 is 4.74 Å². The molecular formula is C17H15NO2S. The van der Waals surface area contributed by atoms with Crippen molar-refractivity contribution in [3.8, 4) is 5.75 Å². The molecule has 3 nitrogen and oxygen atoms in total. The van der Waals surface area contributed by atoms with Gasteiger partial charge in [-0.3, -0.25) is 9.78 Å². The van der Waals surface area contributed by atoms with Gasteiger partial charge in [0.1, 0.15) is 5.75 Å². The highest BCUT2D eigenvalue weighted by atomic mass is 32.1. The number of ketones is 1. The van der Waals surface area contributed by atoms with E-state index in [9.17, 15) is 4.79 Å². The Balaban J connectivity index is 1.83. The Morgan fingerprint density at radius 2 is 2.00 bits per heavy atom. The second-order valence-corrected chi connectivity index (χ2v) is 5.68. The first-order valence-corrected chi connectivity index (χ1v) is 7.76. The summed E-state index contributed by atoms with van der Waals surface area (Å²) in [6.45, 7) is 2.75. The number of hydrogen-bond acceptors (Lipinski definition) is 4. The molecule has 0 bridgehead atoms. The van der Waals surface area contributed by atoms with Crippen molar-refractivity contribution in [2.75, 3.05) is 6.61 Å². The number of rotatable bonds is 5. The smallest absolute Gasteiger partial charge is 0.194 e. The van der Waals surface area contributed by atoms with Gasteiger partial charge in [-0.05, 0) is 48.2 Å². The van der Waals surface area contributed by atoms with Crippen LogP contribution in [-0.4, -0.2) is 17.4 Å². The van der Waals surface area contributed by atoms with Gasteiger partial charge in [0.2, 0.25) is 0 Å². The highest BCUT2D eigenvalue weighted by Gasteiger charge is 2.11. The van der Waals surface area contributed by atoms with Gasteiger partial charge in [-0.1, -0.05) is 6.92 Å². The van der Waals surface area contributed by atoms with Crippen molar-refractivity contribution >= 4 is 27.3 Å². The third-order valence-corrected chi connectivity index (χ3v) is 4.01. The fourth-order valence-electron chi connectivity index (χ4n) is 2.06. The molecule has 0 radical (unpaired) electrons. The van der Waals surface area contributed by atoms with Crippen molar-refractivity contribution in [1.29, 1.82) is 0 Å². The van der Waals surface area contributed by atoms with Gasteiger partial charge in [0, 0.05) is 17.3 Å². The quantitative estimate of drug-likeness (QED) is 0.658. The molecule has 0 amide bonds. The number of pyridine rings is 1. The molecule has 106 valence electrons. The largest absolute Gasteiger partial charge is 0.494 e. The molecule has 0 fully saturated rings. The van der Waals surface area contributed by atoms with E-state index < -0.39 is 0 Å². The Labute approximate surface area is 127 Å². The third-order valence-electron chi connectivity index (χ3n) is 3.15. The van der Waals surface area contributed by atoms with Crippen LogP contribution in [0.2, 0.25) is 0 Å². The van der Waals surface area contributed by atoms with Crippen LogP contribution in [0.3, 0.4) is 0 Å². The summed E-state index contributed by atoms with van der Waals surface area (Å²) in [5.41, 5.74) is 2.20. The van der Waals surface area contributed by atoms with Crippen LogP contribution in [0.25, 0.3) is 10.2 Å². The molecule has 1 aromatic carbocycles. The second kappa shape index (κ2) is 6.06.